The highest BCUT2D eigenvalue weighted by atomic mass is 32.1. The lowest BCUT2D eigenvalue weighted by atomic mass is 9.76. The van der Waals surface area contributed by atoms with Crippen LogP contribution in [0.1, 0.15) is 53.5 Å². The number of nitrogens with zero attached hydrogens (tertiary/aromatic N) is 2. The molecule has 2 saturated carbocycles. The minimum atomic E-state index is -0.531. The van der Waals surface area contributed by atoms with Crippen molar-refractivity contribution in [3.05, 3.63) is 28.7 Å². The Morgan fingerprint density at radius 1 is 1.33 bits per heavy atom. The molecular formula is C16H18N4O3S. The summed E-state index contributed by atoms with van der Waals surface area (Å²) in [5.74, 6) is 1.05. The van der Waals surface area contributed by atoms with E-state index in [-0.39, 0.29) is 17.7 Å². The first kappa shape index (κ1) is 15.3. The van der Waals surface area contributed by atoms with Crippen LogP contribution in [0.5, 0.6) is 0 Å². The van der Waals surface area contributed by atoms with E-state index in [4.69, 9.17) is 4.52 Å². The van der Waals surface area contributed by atoms with Crippen molar-refractivity contribution >= 4 is 28.2 Å². The lowest BCUT2D eigenvalue weighted by Gasteiger charge is -2.39. The predicted molar refractivity (Wildman–Crippen MR) is 87.7 cm³/mol. The highest BCUT2D eigenvalue weighted by molar-refractivity contribution is 7.18. The summed E-state index contributed by atoms with van der Waals surface area (Å²) in [5.41, 5.74) is -0.531. The van der Waals surface area contributed by atoms with Gasteiger partial charge in [-0.15, -0.1) is 11.3 Å². The molecule has 0 bridgehead atoms. The Balaban J connectivity index is 1.45. The monoisotopic (exact) mass is 346 g/mol. The number of anilines is 1. The van der Waals surface area contributed by atoms with Gasteiger partial charge in [0.05, 0.1) is 9.88 Å². The predicted octanol–water partition coefficient (Wildman–Crippen LogP) is 2.60. The molecule has 0 unspecified atom stereocenters. The number of aryl methyl sites for hydroxylation is 1. The average Bonchev–Trinajstić information content (AvgIpc) is 3.13. The van der Waals surface area contributed by atoms with Crippen molar-refractivity contribution in [3.63, 3.8) is 0 Å². The smallest absolute Gasteiger partial charge is 0.262 e. The van der Waals surface area contributed by atoms with E-state index in [0.29, 0.717) is 21.6 Å². The largest absolute Gasteiger partial charge is 0.340 e. The molecule has 0 spiro atoms. The summed E-state index contributed by atoms with van der Waals surface area (Å²) in [5, 5.41) is 10.6. The van der Waals surface area contributed by atoms with Crippen molar-refractivity contribution in [2.45, 2.75) is 44.6 Å². The Morgan fingerprint density at radius 3 is 2.71 bits per heavy atom. The van der Waals surface area contributed by atoms with Gasteiger partial charge in [0.2, 0.25) is 11.8 Å². The number of amides is 2. The van der Waals surface area contributed by atoms with E-state index in [1.807, 2.05) is 0 Å². The summed E-state index contributed by atoms with van der Waals surface area (Å²) in [6, 6.07) is 3.50. The van der Waals surface area contributed by atoms with Crippen LogP contribution in [-0.2, 0) is 10.3 Å². The number of carbonyl (C=O) groups excluding carboxylic acids is 2. The zero-order chi connectivity index (χ0) is 16.7. The van der Waals surface area contributed by atoms with Gasteiger partial charge in [-0.3, -0.25) is 9.59 Å². The molecule has 2 amide bonds. The van der Waals surface area contributed by atoms with Gasteiger partial charge in [0.25, 0.3) is 5.91 Å². The molecule has 2 aliphatic carbocycles. The Labute approximate surface area is 142 Å². The number of rotatable bonds is 5. The van der Waals surface area contributed by atoms with Gasteiger partial charge in [-0.25, -0.2) is 0 Å². The van der Waals surface area contributed by atoms with Crippen LogP contribution in [0.4, 0.5) is 5.00 Å². The van der Waals surface area contributed by atoms with Gasteiger partial charge in [0.1, 0.15) is 5.54 Å². The number of aromatic nitrogens is 2. The van der Waals surface area contributed by atoms with Gasteiger partial charge in [-0.2, -0.15) is 4.98 Å². The third-order valence-corrected chi connectivity index (χ3v) is 5.54. The standard InChI is InChI=1S/C16H18N4O3S/c1-9-17-15(20-23-9)16(7-2-8-16)19-14(22)11-5-6-12(24-11)18-13(21)10-3-4-10/h5-6,10H,2-4,7-8H2,1H3,(H,18,21)(H,19,22). The molecule has 2 aliphatic rings. The van der Waals surface area contributed by atoms with Crippen LogP contribution in [0.25, 0.3) is 0 Å². The van der Waals surface area contributed by atoms with E-state index in [1.54, 1.807) is 19.1 Å². The van der Waals surface area contributed by atoms with Gasteiger partial charge < -0.3 is 15.2 Å². The Bertz CT molecular complexity index is 789. The normalized spacial score (nSPS) is 18.7. The second-order valence-corrected chi connectivity index (χ2v) is 7.54. The van der Waals surface area contributed by atoms with Crippen molar-refractivity contribution in [3.8, 4) is 0 Å². The van der Waals surface area contributed by atoms with Crippen LogP contribution in [0, 0.1) is 12.8 Å². The minimum absolute atomic E-state index is 0.0431. The summed E-state index contributed by atoms with van der Waals surface area (Å²) >= 11 is 1.28. The first-order valence-electron chi connectivity index (χ1n) is 8.10. The number of hydrogen-bond acceptors (Lipinski definition) is 6. The molecule has 126 valence electrons. The molecule has 2 heterocycles. The zero-order valence-corrected chi connectivity index (χ0v) is 14.1. The maximum Gasteiger partial charge on any atom is 0.262 e. The van der Waals surface area contributed by atoms with Gasteiger partial charge in [-0.05, 0) is 44.2 Å². The lowest BCUT2D eigenvalue weighted by Crippen LogP contribution is -2.51. The van der Waals surface area contributed by atoms with E-state index in [1.165, 1.54) is 11.3 Å². The zero-order valence-electron chi connectivity index (χ0n) is 13.3. The number of hydrogen-bond donors (Lipinski definition) is 2. The molecule has 0 atom stereocenters. The van der Waals surface area contributed by atoms with Crippen LogP contribution in [0.2, 0.25) is 0 Å². The van der Waals surface area contributed by atoms with Gasteiger partial charge in [0.15, 0.2) is 5.82 Å². The van der Waals surface area contributed by atoms with Crippen molar-refractivity contribution < 1.29 is 14.1 Å². The highest BCUT2D eigenvalue weighted by Gasteiger charge is 2.44. The molecule has 0 saturated heterocycles. The first-order valence-corrected chi connectivity index (χ1v) is 8.91. The summed E-state index contributed by atoms with van der Waals surface area (Å²) in [7, 11) is 0. The van der Waals surface area contributed by atoms with Crippen LogP contribution in [-0.4, -0.2) is 22.0 Å². The average molecular weight is 346 g/mol. The number of carbonyl (C=O) groups is 2. The molecule has 2 fully saturated rings. The van der Waals surface area contributed by atoms with Crippen molar-refractivity contribution in [1.82, 2.24) is 15.5 Å². The second kappa shape index (κ2) is 5.70. The SMILES string of the molecule is Cc1nc(C2(NC(=O)c3ccc(NC(=O)C4CC4)s3)CCC2)no1. The van der Waals surface area contributed by atoms with Crippen molar-refractivity contribution in [1.29, 1.82) is 0 Å². The summed E-state index contributed by atoms with van der Waals surface area (Å²) in [6.45, 7) is 1.73. The molecule has 7 nitrogen and oxygen atoms in total. The van der Waals surface area contributed by atoms with Crippen LogP contribution in [0.3, 0.4) is 0 Å². The van der Waals surface area contributed by atoms with E-state index < -0.39 is 5.54 Å². The molecule has 2 N–H and O–H groups in total. The third kappa shape index (κ3) is 2.82. The fourth-order valence-corrected chi connectivity index (χ4v) is 3.61. The van der Waals surface area contributed by atoms with Gasteiger partial charge in [0, 0.05) is 12.8 Å². The van der Waals surface area contributed by atoms with Crippen molar-refractivity contribution in [2.75, 3.05) is 5.32 Å². The number of thiophene rings is 1. The molecule has 0 aromatic carbocycles. The van der Waals surface area contributed by atoms with E-state index in [2.05, 4.69) is 20.8 Å². The maximum absolute atomic E-state index is 12.6. The van der Waals surface area contributed by atoms with E-state index in [9.17, 15) is 9.59 Å². The van der Waals surface area contributed by atoms with Gasteiger partial charge >= 0.3 is 0 Å². The van der Waals surface area contributed by atoms with Crippen LogP contribution >= 0.6 is 11.3 Å². The molecule has 2 aromatic heterocycles. The third-order valence-electron chi connectivity index (χ3n) is 4.54. The molecule has 2 aromatic rings. The molecule has 8 heteroatoms. The van der Waals surface area contributed by atoms with Gasteiger partial charge in [-0.1, -0.05) is 5.16 Å². The highest BCUT2D eigenvalue weighted by Crippen LogP contribution is 2.40. The van der Waals surface area contributed by atoms with E-state index >= 15 is 0 Å². The minimum Gasteiger partial charge on any atom is -0.340 e. The fourth-order valence-electron chi connectivity index (χ4n) is 2.80. The molecule has 0 radical (unpaired) electrons. The molecule has 24 heavy (non-hydrogen) atoms. The quantitative estimate of drug-likeness (QED) is 0.867. The molecule has 0 aliphatic heterocycles. The lowest BCUT2D eigenvalue weighted by molar-refractivity contribution is -0.117. The Morgan fingerprint density at radius 2 is 2.12 bits per heavy atom. The maximum atomic E-state index is 12.6. The van der Waals surface area contributed by atoms with Crippen molar-refractivity contribution in [2.24, 2.45) is 5.92 Å². The summed E-state index contributed by atoms with van der Waals surface area (Å²) in [6.07, 6.45) is 4.53. The van der Waals surface area contributed by atoms with Crippen LogP contribution < -0.4 is 10.6 Å². The fraction of sp³-hybridized carbons (Fsp3) is 0.500. The molecular weight excluding hydrogens is 328 g/mol. The second-order valence-electron chi connectivity index (χ2n) is 6.45. The Kier molecular flexibility index (Phi) is 3.64. The summed E-state index contributed by atoms with van der Waals surface area (Å²) < 4.78 is 5.05. The Hall–Kier alpha value is -2.22. The first-order chi connectivity index (χ1) is 11.6. The molecule has 4 rings (SSSR count). The van der Waals surface area contributed by atoms with E-state index in [0.717, 1.165) is 32.1 Å². The topological polar surface area (TPSA) is 97.1 Å². The van der Waals surface area contributed by atoms with Crippen LogP contribution in [0.15, 0.2) is 16.7 Å². The summed E-state index contributed by atoms with van der Waals surface area (Å²) in [4.78, 5) is 29.2. The number of nitrogens with one attached hydrogen (secondary N) is 2.